The summed E-state index contributed by atoms with van der Waals surface area (Å²) in [5, 5.41) is -0.325. The number of hydrogen-bond acceptors (Lipinski definition) is 1. The van der Waals surface area contributed by atoms with Gasteiger partial charge >= 0.3 is 0 Å². The normalized spacial score (nSPS) is 10.3. The van der Waals surface area contributed by atoms with E-state index in [1.807, 2.05) is 4.84 Å². The summed E-state index contributed by atoms with van der Waals surface area (Å²) in [6.45, 7) is 0. The van der Waals surface area contributed by atoms with Crippen LogP contribution in [-0.2, 0) is 0 Å². The van der Waals surface area contributed by atoms with Gasteiger partial charge in [0, 0.05) is 11.8 Å². The molecule has 82 valence electrons. The first-order valence-electron chi connectivity index (χ1n) is 3.34. The molecular formula is C7HCl6NO. The topological polar surface area (TPSA) is 29.1 Å². The van der Waals surface area contributed by atoms with Crippen LogP contribution < -0.4 is 4.84 Å². The molecule has 0 aliphatic carbocycles. The van der Waals surface area contributed by atoms with Crippen molar-refractivity contribution in [3.05, 3.63) is 30.7 Å². The highest BCUT2D eigenvalue weighted by Crippen LogP contribution is 2.43. The van der Waals surface area contributed by atoms with E-state index in [4.69, 9.17) is 69.8 Å². The van der Waals surface area contributed by atoms with Crippen LogP contribution in [0.1, 0.15) is 10.4 Å². The lowest BCUT2D eigenvalue weighted by Gasteiger charge is -2.10. The molecule has 0 bridgehead atoms. The van der Waals surface area contributed by atoms with Crippen molar-refractivity contribution in [1.29, 1.82) is 0 Å². The Hall–Kier alpha value is 0.430. The van der Waals surface area contributed by atoms with Crippen molar-refractivity contribution in [3.8, 4) is 0 Å². The van der Waals surface area contributed by atoms with E-state index in [1.54, 1.807) is 0 Å². The predicted octanol–water partition coefficient (Wildman–Crippen LogP) is 4.84. The first-order chi connectivity index (χ1) is 6.91. The van der Waals surface area contributed by atoms with E-state index in [-0.39, 0.29) is 30.7 Å². The van der Waals surface area contributed by atoms with Gasteiger partial charge in [-0.3, -0.25) is 9.63 Å². The number of halogens is 6. The second kappa shape index (κ2) is 5.17. The van der Waals surface area contributed by atoms with E-state index in [0.29, 0.717) is 0 Å². The lowest BCUT2D eigenvalue weighted by atomic mass is 10.2. The van der Waals surface area contributed by atoms with Crippen LogP contribution >= 0.6 is 69.8 Å². The molecule has 1 aromatic carbocycles. The number of benzene rings is 1. The average Bonchev–Trinajstić information content (AvgIpc) is 2.23. The van der Waals surface area contributed by atoms with E-state index in [1.165, 1.54) is 0 Å². The van der Waals surface area contributed by atoms with Gasteiger partial charge in [-0.15, -0.1) is 0 Å². The van der Waals surface area contributed by atoms with Gasteiger partial charge < -0.3 is 0 Å². The van der Waals surface area contributed by atoms with Crippen LogP contribution in [0.2, 0.25) is 25.1 Å². The van der Waals surface area contributed by atoms with Crippen molar-refractivity contribution in [1.82, 2.24) is 4.84 Å². The maximum absolute atomic E-state index is 11.3. The van der Waals surface area contributed by atoms with Crippen molar-refractivity contribution in [3.63, 3.8) is 0 Å². The number of nitrogens with one attached hydrogen (secondary N) is 1. The van der Waals surface area contributed by atoms with E-state index < -0.39 is 5.91 Å². The molecule has 0 aliphatic rings. The van der Waals surface area contributed by atoms with Crippen molar-refractivity contribution in [2.45, 2.75) is 0 Å². The first kappa shape index (κ1) is 13.5. The molecule has 8 heteroatoms. The SMILES string of the molecule is O=C(NCl)c1c(Cl)c(Cl)c(Cl)c(Cl)c1Cl. The van der Waals surface area contributed by atoms with Gasteiger partial charge in [0.25, 0.3) is 5.91 Å². The molecule has 1 amide bonds. The molecular weight excluding hydrogens is 327 g/mol. The average molecular weight is 328 g/mol. The molecule has 0 aliphatic heterocycles. The van der Waals surface area contributed by atoms with E-state index in [2.05, 4.69) is 0 Å². The minimum absolute atomic E-state index is 0.0144. The van der Waals surface area contributed by atoms with E-state index in [9.17, 15) is 4.79 Å². The number of amides is 1. The van der Waals surface area contributed by atoms with Gasteiger partial charge in [-0.25, -0.2) is 0 Å². The van der Waals surface area contributed by atoms with E-state index >= 15 is 0 Å². The lowest BCUT2D eigenvalue weighted by molar-refractivity contribution is 0.0982. The summed E-state index contributed by atoms with van der Waals surface area (Å²) in [6, 6.07) is 0. The summed E-state index contributed by atoms with van der Waals surface area (Å²) in [6.07, 6.45) is 0. The number of carbonyl (C=O) groups is 1. The molecule has 0 saturated heterocycles. The highest BCUT2D eigenvalue weighted by Gasteiger charge is 2.23. The Balaban J connectivity index is 3.60. The van der Waals surface area contributed by atoms with Crippen molar-refractivity contribution < 1.29 is 4.79 Å². The fourth-order valence-corrected chi connectivity index (χ4v) is 2.26. The molecule has 0 spiro atoms. The zero-order valence-corrected chi connectivity index (χ0v) is 11.2. The molecule has 0 unspecified atom stereocenters. The van der Waals surface area contributed by atoms with Gasteiger partial charge in [-0.1, -0.05) is 58.0 Å². The summed E-state index contributed by atoms with van der Waals surface area (Å²) in [7, 11) is 0. The van der Waals surface area contributed by atoms with Crippen LogP contribution in [0.5, 0.6) is 0 Å². The maximum Gasteiger partial charge on any atom is 0.268 e. The minimum atomic E-state index is -0.716. The van der Waals surface area contributed by atoms with Crippen LogP contribution in [0.25, 0.3) is 0 Å². The predicted molar refractivity (Wildman–Crippen MR) is 64.8 cm³/mol. The standard InChI is InChI=1S/C7HCl6NO/c8-2-1(7(15)14-13)3(9)5(11)6(12)4(2)10/h(H,14,15). The third-order valence-corrected chi connectivity index (χ3v) is 3.97. The molecule has 0 fully saturated rings. The molecule has 0 heterocycles. The summed E-state index contributed by atoms with van der Waals surface area (Å²) in [4.78, 5) is 13.1. The minimum Gasteiger partial charge on any atom is -0.268 e. The molecule has 2 nitrogen and oxygen atoms in total. The second-order valence-electron chi connectivity index (χ2n) is 2.37. The highest BCUT2D eigenvalue weighted by atomic mass is 35.5. The zero-order chi connectivity index (χ0) is 11.7. The number of rotatable bonds is 1. The molecule has 1 rings (SSSR count). The second-order valence-corrected chi connectivity index (χ2v) is 4.45. The van der Waals surface area contributed by atoms with Crippen LogP contribution in [0, 0.1) is 0 Å². The van der Waals surface area contributed by atoms with Crippen molar-refractivity contribution in [2.24, 2.45) is 0 Å². The summed E-state index contributed by atoms with van der Waals surface area (Å²) < 4.78 is 0. The zero-order valence-electron chi connectivity index (χ0n) is 6.68. The van der Waals surface area contributed by atoms with Gasteiger partial charge in [-0.2, -0.15) is 0 Å². The van der Waals surface area contributed by atoms with Gasteiger partial charge in [0.15, 0.2) is 0 Å². The summed E-state index contributed by atoms with van der Waals surface area (Å²) >= 11 is 33.9. The van der Waals surface area contributed by atoms with Crippen LogP contribution in [0.3, 0.4) is 0 Å². The van der Waals surface area contributed by atoms with E-state index in [0.717, 1.165) is 0 Å². The quantitative estimate of drug-likeness (QED) is 0.446. The van der Waals surface area contributed by atoms with Crippen LogP contribution in [0.15, 0.2) is 0 Å². The Morgan fingerprint density at radius 1 is 0.800 bits per heavy atom. The smallest absolute Gasteiger partial charge is 0.268 e. The summed E-state index contributed by atoms with van der Waals surface area (Å²) in [5.41, 5.74) is -0.118. The highest BCUT2D eigenvalue weighted by molar-refractivity contribution is 6.56. The number of hydrogen-bond donors (Lipinski definition) is 1. The van der Waals surface area contributed by atoms with Gasteiger partial charge in [-0.05, 0) is 0 Å². The molecule has 0 radical (unpaired) electrons. The number of carbonyl (C=O) groups excluding carboxylic acids is 1. The molecule has 1 N–H and O–H groups in total. The van der Waals surface area contributed by atoms with Crippen LogP contribution in [-0.4, -0.2) is 5.91 Å². The fourth-order valence-electron chi connectivity index (χ4n) is 0.851. The molecule has 15 heavy (non-hydrogen) atoms. The van der Waals surface area contributed by atoms with Crippen molar-refractivity contribution >= 4 is 75.7 Å². The third kappa shape index (κ3) is 2.41. The maximum atomic E-state index is 11.3. The fraction of sp³-hybridized carbons (Fsp3) is 0. The Morgan fingerprint density at radius 3 is 1.47 bits per heavy atom. The van der Waals surface area contributed by atoms with Crippen LogP contribution in [0.4, 0.5) is 0 Å². The Labute approximate surface area is 115 Å². The Bertz CT molecular complexity index is 403. The van der Waals surface area contributed by atoms with Crippen molar-refractivity contribution in [2.75, 3.05) is 0 Å². The Kier molecular flexibility index (Phi) is 4.65. The molecule has 0 saturated carbocycles. The summed E-state index contributed by atoms with van der Waals surface area (Å²) in [5.74, 6) is -0.716. The Morgan fingerprint density at radius 2 is 1.13 bits per heavy atom. The van der Waals surface area contributed by atoms with Gasteiger partial charge in [0.1, 0.15) is 0 Å². The first-order valence-corrected chi connectivity index (χ1v) is 5.61. The molecule has 1 aromatic rings. The molecule has 0 aromatic heterocycles. The largest absolute Gasteiger partial charge is 0.268 e. The monoisotopic (exact) mass is 325 g/mol. The third-order valence-electron chi connectivity index (χ3n) is 1.52. The van der Waals surface area contributed by atoms with Gasteiger partial charge in [0.05, 0.1) is 30.7 Å². The lowest BCUT2D eigenvalue weighted by Crippen LogP contribution is -2.14. The van der Waals surface area contributed by atoms with Gasteiger partial charge in [0.2, 0.25) is 0 Å². The molecule has 0 atom stereocenters.